The molecule has 0 heterocycles. The summed E-state index contributed by atoms with van der Waals surface area (Å²) in [5, 5.41) is 0. The van der Waals surface area contributed by atoms with E-state index in [1.165, 1.54) is 0 Å². The molecule has 0 bridgehead atoms. The highest BCUT2D eigenvalue weighted by Gasteiger charge is 2.41. The van der Waals surface area contributed by atoms with Gasteiger partial charge >= 0.3 is 8.80 Å². The van der Waals surface area contributed by atoms with E-state index < -0.39 is 8.80 Å². The van der Waals surface area contributed by atoms with Gasteiger partial charge in [0, 0.05) is 46.4 Å². The van der Waals surface area contributed by atoms with Crippen LogP contribution >= 0.6 is 0 Å². The number of rotatable bonds is 12. The molecule has 120 valence electrons. The Morgan fingerprint density at radius 1 is 0.950 bits per heavy atom. The van der Waals surface area contributed by atoms with Crippen LogP contribution in [0.15, 0.2) is 0 Å². The topological polar surface area (TPSA) is 48.0 Å². The quantitative estimate of drug-likeness (QED) is 0.520. The number of carbonyl (C=O) groups excluding carboxylic acids is 1. The lowest BCUT2D eigenvalue weighted by Crippen LogP contribution is -2.49. The van der Waals surface area contributed by atoms with E-state index >= 15 is 0 Å². The lowest BCUT2D eigenvalue weighted by molar-refractivity contribution is -0.127. The molecule has 0 atom stereocenters. The summed E-state index contributed by atoms with van der Waals surface area (Å²) >= 11 is 0. The summed E-state index contributed by atoms with van der Waals surface area (Å²) < 4.78 is 17.9. The Kier molecular flexibility index (Phi) is 11.0. The van der Waals surface area contributed by atoms with Gasteiger partial charge in [0.05, 0.1) is 0 Å². The summed E-state index contributed by atoms with van der Waals surface area (Å²) in [6.45, 7) is 10.3. The SMILES string of the molecule is CCCO[Si](CCN(C)C(C)=O)(OCCC)OCCC. The maximum atomic E-state index is 11.3. The minimum Gasteiger partial charge on any atom is -0.373 e. The van der Waals surface area contributed by atoms with Crippen LogP contribution in [-0.4, -0.2) is 53.0 Å². The molecule has 0 aromatic rings. The van der Waals surface area contributed by atoms with E-state index in [4.69, 9.17) is 13.3 Å². The summed E-state index contributed by atoms with van der Waals surface area (Å²) in [6.07, 6.45) is 2.80. The van der Waals surface area contributed by atoms with Gasteiger partial charge in [0.2, 0.25) is 5.91 Å². The van der Waals surface area contributed by atoms with Crippen LogP contribution in [0.1, 0.15) is 47.0 Å². The van der Waals surface area contributed by atoms with E-state index in [2.05, 4.69) is 20.8 Å². The van der Waals surface area contributed by atoms with E-state index in [0.717, 1.165) is 19.3 Å². The molecular weight excluding hydrogens is 274 g/mol. The smallest absolute Gasteiger partial charge is 0.373 e. The molecule has 0 aromatic carbocycles. The lowest BCUT2D eigenvalue weighted by Gasteiger charge is -2.31. The summed E-state index contributed by atoms with van der Waals surface area (Å²) in [5.41, 5.74) is 0. The zero-order valence-electron chi connectivity index (χ0n) is 13.7. The Morgan fingerprint density at radius 3 is 1.65 bits per heavy atom. The zero-order valence-corrected chi connectivity index (χ0v) is 14.7. The van der Waals surface area contributed by atoms with Crippen molar-refractivity contribution >= 4 is 14.7 Å². The molecule has 1 amide bonds. The molecule has 0 rings (SSSR count). The van der Waals surface area contributed by atoms with Gasteiger partial charge in [0.1, 0.15) is 0 Å². The molecule has 6 heteroatoms. The number of hydrogen-bond donors (Lipinski definition) is 0. The number of hydrogen-bond acceptors (Lipinski definition) is 4. The van der Waals surface area contributed by atoms with E-state index in [9.17, 15) is 4.79 Å². The van der Waals surface area contributed by atoms with E-state index in [-0.39, 0.29) is 5.91 Å². The zero-order chi connectivity index (χ0) is 15.4. The molecule has 0 aliphatic heterocycles. The van der Waals surface area contributed by atoms with Gasteiger partial charge in [0.15, 0.2) is 0 Å². The van der Waals surface area contributed by atoms with E-state index in [0.29, 0.717) is 32.4 Å². The van der Waals surface area contributed by atoms with Crippen molar-refractivity contribution in [2.75, 3.05) is 33.4 Å². The minimum absolute atomic E-state index is 0.0503. The van der Waals surface area contributed by atoms with Gasteiger partial charge < -0.3 is 18.2 Å². The molecule has 0 saturated heterocycles. The highest BCUT2D eigenvalue weighted by molar-refractivity contribution is 6.60. The molecule has 0 aromatic heterocycles. The Morgan fingerprint density at radius 2 is 1.35 bits per heavy atom. The van der Waals surface area contributed by atoms with Gasteiger partial charge in [-0.25, -0.2) is 0 Å². The second-order valence-electron chi connectivity index (χ2n) is 4.92. The highest BCUT2D eigenvalue weighted by Crippen LogP contribution is 2.18. The summed E-state index contributed by atoms with van der Waals surface area (Å²) in [5.74, 6) is 0.0503. The first-order chi connectivity index (χ1) is 9.51. The Bertz CT molecular complexity index is 242. The maximum absolute atomic E-state index is 11.3. The van der Waals surface area contributed by atoms with Gasteiger partial charge in [-0.2, -0.15) is 0 Å². The fourth-order valence-corrected chi connectivity index (χ4v) is 4.41. The second-order valence-corrected chi connectivity index (χ2v) is 7.65. The Balaban J connectivity index is 4.69. The van der Waals surface area contributed by atoms with Crippen LogP contribution in [-0.2, 0) is 18.1 Å². The standard InChI is InChI=1S/C14H31NO4Si/c1-6-10-17-20(18-11-7-2,19-12-8-3)13-9-15(5)14(4)16/h6-13H2,1-5H3. The molecular formula is C14H31NO4Si. The van der Waals surface area contributed by atoms with Crippen LogP contribution in [0.2, 0.25) is 6.04 Å². The monoisotopic (exact) mass is 305 g/mol. The third-order valence-corrected chi connectivity index (χ3v) is 5.64. The molecule has 0 unspecified atom stereocenters. The van der Waals surface area contributed by atoms with Crippen LogP contribution in [0.25, 0.3) is 0 Å². The van der Waals surface area contributed by atoms with Crippen LogP contribution in [0.5, 0.6) is 0 Å². The van der Waals surface area contributed by atoms with Crippen LogP contribution in [0.3, 0.4) is 0 Å². The maximum Gasteiger partial charge on any atom is 0.502 e. The minimum atomic E-state index is -2.66. The van der Waals surface area contributed by atoms with Gasteiger partial charge in [-0.1, -0.05) is 20.8 Å². The fraction of sp³-hybridized carbons (Fsp3) is 0.929. The normalized spacial score (nSPS) is 11.7. The number of carbonyl (C=O) groups is 1. The average Bonchev–Trinajstić information content (AvgIpc) is 2.45. The first kappa shape index (κ1) is 19.6. The molecule has 0 saturated carbocycles. The molecule has 0 N–H and O–H groups in total. The van der Waals surface area contributed by atoms with Crippen molar-refractivity contribution in [3.8, 4) is 0 Å². The van der Waals surface area contributed by atoms with Gasteiger partial charge in [-0.05, 0) is 19.3 Å². The predicted octanol–water partition coefficient (Wildman–Crippen LogP) is 2.68. The highest BCUT2D eigenvalue weighted by atomic mass is 28.4. The van der Waals surface area contributed by atoms with Crippen molar-refractivity contribution in [2.45, 2.75) is 53.0 Å². The largest absolute Gasteiger partial charge is 0.502 e. The van der Waals surface area contributed by atoms with E-state index in [1.807, 2.05) is 0 Å². The first-order valence-electron chi connectivity index (χ1n) is 7.64. The fourth-order valence-electron chi connectivity index (χ4n) is 1.58. The average molecular weight is 305 g/mol. The van der Waals surface area contributed by atoms with Crippen molar-refractivity contribution in [1.82, 2.24) is 4.90 Å². The molecule has 20 heavy (non-hydrogen) atoms. The predicted molar refractivity (Wildman–Crippen MR) is 82.6 cm³/mol. The van der Waals surface area contributed by atoms with E-state index in [1.54, 1.807) is 18.9 Å². The number of nitrogens with zero attached hydrogens (tertiary/aromatic N) is 1. The van der Waals surface area contributed by atoms with Gasteiger partial charge in [0.25, 0.3) is 0 Å². The number of amides is 1. The van der Waals surface area contributed by atoms with Crippen LogP contribution in [0, 0.1) is 0 Å². The van der Waals surface area contributed by atoms with Gasteiger partial charge in [-0.3, -0.25) is 4.79 Å². The summed E-state index contributed by atoms with van der Waals surface area (Å²) in [7, 11) is -0.868. The molecule has 5 nitrogen and oxygen atoms in total. The van der Waals surface area contributed by atoms with Crippen LogP contribution < -0.4 is 0 Å². The molecule has 0 fully saturated rings. The molecule has 0 aliphatic carbocycles. The van der Waals surface area contributed by atoms with Crippen molar-refractivity contribution < 1.29 is 18.1 Å². The first-order valence-corrected chi connectivity index (χ1v) is 9.58. The Hall–Kier alpha value is -0.433. The third kappa shape index (κ3) is 7.99. The Labute approximate surface area is 124 Å². The van der Waals surface area contributed by atoms with Crippen LogP contribution in [0.4, 0.5) is 0 Å². The molecule has 0 spiro atoms. The van der Waals surface area contributed by atoms with Gasteiger partial charge in [-0.15, -0.1) is 0 Å². The summed E-state index contributed by atoms with van der Waals surface area (Å²) in [4.78, 5) is 13.0. The lowest BCUT2D eigenvalue weighted by atomic mass is 10.5. The van der Waals surface area contributed by atoms with Crippen molar-refractivity contribution in [1.29, 1.82) is 0 Å². The summed E-state index contributed by atoms with van der Waals surface area (Å²) in [6, 6.07) is 0.656. The third-order valence-electron chi connectivity index (χ3n) is 2.87. The van der Waals surface area contributed by atoms with Crippen molar-refractivity contribution in [3.63, 3.8) is 0 Å². The molecule has 0 radical (unpaired) electrons. The van der Waals surface area contributed by atoms with Crippen molar-refractivity contribution in [2.24, 2.45) is 0 Å². The van der Waals surface area contributed by atoms with Crippen molar-refractivity contribution in [3.05, 3.63) is 0 Å². The molecule has 0 aliphatic rings. The second kappa shape index (κ2) is 11.3.